The van der Waals surface area contributed by atoms with Crippen LogP contribution in [-0.2, 0) is 9.53 Å². The minimum Gasteiger partial charge on any atom is -0.468 e. The quantitative estimate of drug-likeness (QED) is 0.797. The van der Waals surface area contributed by atoms with Crippen LogP contribution in [0, 0.1) is 5.41 Å². The SMILES string of the molecule is COC(=O)C(C)N1CC(C)(C)C1c1ccc(Cl)cc1. The Hall–Kier alpha value is -1.06. The van der Waals surface area contributed by atoms with E-state index in [9.17, 15) is 4.79 Å². The molecule has 0 N–H and O–H groups in total. The molecule has 2 rings (SSSR count). The van der Waals surface area contributed by atoms with Gasteiger partial charge in [-0.25, -0.2) is 0 Å². The van der Waals surface area contributed by atoms with E-state index >= 15 is 0 Å². The Morgan fingerprint density at radius 3 is 2.47 bits per heavy atom. The maximum atomic E-state index is 11.7. The van der Waals surface area contributed by atoms with Gasteiger partial charge in [0.25, 0.3) is 0 Å². The molecule has 1 aliphatic heterocycles. The first-order valence-electron chi connectivity index (χ1n) is 6.46. The summed E-state index contributed by atoms with van der Waals surface area (Å²) in [6, 6.07) is 7.85. The van der Waals surface area contributed by atoms with E-state index in [1.165, 1.54) is 12.7 Å². The summed E-state index contributed by atoms with van der Waals surface area (Å²) in [6.07, 6.45) is 0. The van der Waals surface area contributed by atoms with Crippen molar-refractivity contribution in [2.24, 2.45) is 5.41 Å². The average Bonchev–Trinajstić information content (AvgIpc) is 2.37. The Kier molecular flexibility index (Phi) is 3.88. The lowest BCUT2D eigenvalue weighted by Crippen LogP contribution is -2.60. The summed E-state index contributed by atoms with van der Waals surface area (Å²) in [5.74, 6) is -0.186. The molecule has 1 saturated heterocycles. The van der Waals surface area contributed by atoms with Crippen LogP contribution in [0.1, 0.15) is 32.4 Å². The highest BCUT2D eigenvalue weighted by atomic mass is 35.5. The third kappa shape index (κ3) is 2.63. The first-order chi connectivity index (χ1) is 8.86. The summed E-state index contributed by atoms with van der Waals surface area (Å²) in [4.78, 5) is 13.9. The standard InChI is InChI=1S/C15H20ClNO2/c1-10(14(18)19-4)17-9-15(2,3)13(17)11-5-7-12(16)8-6-11/h5-8,10,13H,9H2,1-4H3. The van der Waals surface area contributed by atoms with Gasteiger partial charge in [0.2, 0.25) is 0 Å². The molecule has 1 aliphatic rings. The lowest BCUT2D eigenvalue weighted by molar-refractivity contribution is -0.157. The normalized spacial score (nSPS) is 23.5. The van der Waals surface area contributed by atoms with E-state index in [4.69, 9.17) is 16.3 Å². The van der Waals surface area contributed by atoms with Gasteiger partial charge in [-0.3, -0.25) is 9.69 Å². The van der Waals surface area contributed by atoms with Crippen molar-refractivity contribution >= 4 is 17.6 Å². The number of rotatable bonds is 3. The van der Waals surface area contributed by atoms with Crippen LogP contribution < -0.4 is 0 Å². The second kappa shape index (κ2) is 5.14. The molecule has 0 aromatic heterocycles. The summed E-state index contributed by atoms with van der Waals surface area (Å²) in [5.41, 5.74) is 1.34. The molecule has 0 bridgehead atoms. The van der Waals surface area contributed by atoms with Gasteiger partial charge in [0.05, 0.1) is 7.11 Å². The molecule has 1 aromatic carbocycles. The Balaban J connectivity index is 2.24. The zero-order chi connectivity index (χ0) is 14.2. The molecule has 2 unspecified atom stereocenters. The van der Waals surface area contributed by atoms with Crippen LogP contribution >= 0.6 is 11.6 Å². The third-order valence-corrected chi connectivity index (χ3v) is 4.14. The average molecular weight is 282 g/mol. The third-order valence-electron chi connectivity index (χ3n) is 3.89. The van der Waals surface area contributed by atoms with Crippen LogP contribution in [0.2, 0.25) is 5.02 Å². The van der Waals surface area contributed by atoms with Crippen molar-refractivity contribution in [3.63, 3.8) is 0 Å². The monoisotopic (exact) mass is 281 g/mol. The number of hydrogen-bond donors (Lipinski definition) is 0. The van der Waals surface area contributed by atoms with Crippen LogP contribution in [0.25, 0.3) is 0 Å². The number of benzene rings is 1. The second-order valence-corrected chi connectivity index (χ2v) is 6.25. The van der Waals surface area contributed by atoms with Crippen molar-refractivity contribution in [1.82, 2.24) is 4.90 Å². The van der Waals surface area contributed by atoms with Crippen LogP contribution in [0.15, 0.2) is 24.3 Å². The molecule has 0 aliphatic carbocycles. The fraction of sp³-hybridized carbons (Fsp3) is 0.533. The van der Waals surface area contributed by atoms with Crippen molar-refractivity contribution < 1.29 is 9.53 Å². The summed E-state index contributed by atoms with van der Waals surface area (Å²) in [6.45, 7) is 7.21. The van der Waals surface area contributed by atoms with Crippen molar-refractivity contribution in [2.45, 2.75) is 32.9 Å². The van der Waals surface area contributed by atoms with Gasteiger partial charge in [-0.05, 0) is 30.0 Å². The van der Waals surface area contributed by atoms with Gasteiger partial charge in [-0.1, -0.05) is 37.6 Å². The lowest BCUT2D eigenvalue weighted by atomic mass is 9.71. The van der Waals surface area contributed by atoms with E-state index in [1.54, 1.807) is 0 Å². The van der Waals surface area contributed by atoms with Gasteiger partial charge >= 0.3 is 5.97 Å². The number of esters is 1. The van der Waals surface area contributed by atoms with E-state index in [1.807, 2.05) is 31.2 Å². The highest BCUT2D eigenvalue weighted by Gasteiger charge is 2.49. The molecular weight excluding hydrogens is 262 g/mol. The minimum atomic E-state index is -0.223. The Morgan fingerprint density at radius 1 is 1.42 bits per heavy atom. The van der Waals surface area contributed by atoms with Gasteiger partial charge < -0.3 is 4.74 Å². The van der Waals surface area contributed by atoms with Crippen LogP contribution in [0.5, 0.6) is 0 Å². The Morgan fingerprint density at radius 2 is 2.00 bits per heavy atom. The highest BCUT2D eigenvalue weighted by Crippen LogP contribution is 2.49. The number of nitrogens with zero attached hydrogens (tertiary/aromatic N) is 1. The van der Waals surface area contributed by atoms with Gasteiger partial charge in [0, 0.05) is 17.6 Å². The number of methoxy groups -OCH3 is 1. The molecule has 0 radical (unpaired) electrons. The van der Waals surface area contributed by atoms with Crippen molar-refractivity contribution in [1.29, 1.82) is 0 Å². The van der Waals surface area contributed by atoms with Crippen molar-refractivity contribution in [3.8, 4) is 0 Å². The molecule has 104 valence electrons. The maximum absolute atomic E-state index is 11.7. The molecule has 1 aromatic rings. The van der Waals surface area contributed by atoms with E-state index in [0.29, 0.717) is 0 Å². The molecular formula is C15H20ClNO2. The first kappa shape index (κ1) is 14.4. The van der Waals surface area contributed by atoms with Crippen molar-refractivity contribution in [3.05, 3.63) is 34.9 Å². The molecule has 1 fully saturated rings. The first-order valence-corrected chi connectivity index (χ1v) is 6.83. The summed E-state index contributed by atoms with van der Waals surface area (Å²) in [5, 5.41) is 0.730. The number of ether oxygens (including phenoxy) is 1. The van der Waals surface area contributed by atoms with Crippen LogP contribution in [0.3, 0.4) is 0 Å². The van der Waals surface area contributed by atoms with Crippen LogP contribution in [-0.4, -0.2) is 30.6 Å². The van der Waals surface area contributed by atoms with E-state index in [2.05, 4.69) is 18.7 Å². The maximum Gasteiger partial charge on any atom is 0.322 e. The predicted octanol–water partition coefficient (Wildman–Crippen LogP) is 3.28. The number of carbonyl (C=O) groups excluding carboxylic acids is 1. The zero-order valence-corrected chi connectivity index (χ0v) is 12.6. The fourth-order valence-electron chi connectivity index (χ4n) is 2.94. The summed E-state index contributed by atoms with van der Waals surface area (Å²) in [7, 11) is 1.43. The van der Waals surface area contributed by atoms with E-state index in [0.717, 1.165) is 11.6 Å². The second-order valence-electron chi connectivity index (χ2n) is 5.81. The number of halogens is 1. The predicted molar refractivity (Wildman–Crippen MR) is 76.2 cm³/mol. The van der Waals surface area contributed by atoms with Gasteiger partial charge in [0.1, 0.15) is 6.04 Å². The molecule has 1 heterocycles. The van der Waals surface area contributed by atoms with Gasteiger partial charge in [0.15, 0.2) is 0 Å². The smallest absolute Gasteiger partial charge is 0.322 e. The fourth-order valence-corrected chi connectivity index (χ4v) is 3.06. The zero-order valence-electron chi connectivity index (χ0n) is 11.8. The summed E-state index contributed by atoms with van der Waals surface area (Å²) < 4.78 is 4.84. The summed E-state index contributed by atoms with van der Waals surface area (Å²) >= 11 is 5.93. The number of carbonyl (C=O) groups is 1. The molecule has 19 heavy (non-hydrogen) atoms. The van der Waals surface area contributed by atoms with Gasteiger partial charge in [-0.2, -0.15) is 0 Å². The molecule has 4 heteroatoms. The Bertz CT molecular complexity index is 470. The number of hydrogen-bond acceptors (Lipinski definition) is 3. The minimum absolute atomic E-state index is 0.149. The van der Waals surface area contributed by atoms with E-state index < -0.39 is 0 Å². The van der Waals surface area contributed by atoms with Crippen LogP contribution in [0.4, 0.5) is 0 Å². The molecule has 0 spiro atoms. The molecule has 2 atom stereocenters. The molecule has 3 nitrogen and oxygen atoms in total. The number of likely N-dealkylation sites (tertiary alicyclic amines) is 1. The molecule has 0 amide bonds. The Labute approximate surface area is 119 Å². The lowest BCUT2D eigenvalue weighted by Gasteiger charge is -2.56. The van der Waals surface area contributed by atoms with E-state index in [-0.39, 0.29) is 23.5 Å². The topological polar surface area (TPSA) is 29.5 Å². The molecule has 0 saturated carbocycles. The van der Waals surface area contributed by atoms with Crippen molar-refractivity contribution in [2.75, 3.05) is 13.7 Å². The largest absolute Gasteiger partial charge is 0.468 e. The van der Waals surface area contributed by atoms with Gasteiger partial charge in [-0.15, -0.1) is 0 Å². The highest BCUT2D eigenvalue weighted by molar-refractivity contribution is 6.30.